The van der Waals surface area contributed by atoms with Crippen molar-refractivity contribution < 1.29 is 48.4 Å². The van der Waals surface area contributed by atoms with Crippen LogP contribution in [0.15, 0.2) is 36.4 Å². The largest absolute Gasteiger partial charge is 0.491 e. The summed E-state index contributed by atoms with van der Waals surface area (Å²) in [5.74, 6) is -4.67. The Balaban J connectivity index is 2.17. The quantitative estimate of drug-likeness (QED) is 0.214. The summed E-state index contributed by atoms with van der Waals surface area (Å²) >= 11 is 0. The van der Waals surface area contributed by atoms with Gasteiger partial charge in [-0.2, -0.15) is 0 Å². The summed E-state index contributed by atoms with van der Waals surface area (Å²) in [6.07, 6.45) is 0. The Kier molecular flexibility index (Phi) is 9.10. The van der Waals surface area contributed by atoms with Gasteiger partial charge in [0.2, 0.25) is 0 Å². The van der Waals surface area contributed by atoms with Gasteiger partial charge in [0.05, 0.1) is 0 Å². The molecule has 0 aliphatic carbocycles. The minimum atomic E-state index is -2.18. The second-order valence-corrected chi connectivity index (χ2v) is 8.62. The Hall–Kier alpha value is -3.32. The number of rotatable bonds is 10. The van der Waals surface area contributed by atoms with Crippen LogP contribution in [0.3, 0.4) is 0 Å². The van der Waals surface area contributed by atoms with Crippen molar-refractivity contribution in [2.75, 3.05) is 19.6 Å². The number of halogens is 2. The van der Waals surface area contributed by atoms with Crippen LogP contribution in [0.4, 0.5) is 8.78 Å². The summed E-state index contributed by atoms with van der Waals surface area (Å²) in [7, 11) is -4.30. The van der Waals surface area contributed by atoms with E-state index < -0.39 is 66.5 Å². The topological polar surface area (TPSA) is 168 Å². The number of amides is 2. The minimum Gasteiger partial charge on any atom is -0.480 e. The molecule has 0 saturated carbocycles. The first-order valence-corrected chi connectivity index (χ1v) is 10.3. The van der Waals surface area contributed by atoms with E-state index in [9.17, 15) is 48.4 Å². The number of hydrogen-bond donors (Lipinski definition) is 6. The zero-order chi connectivity index (χ0) is 26.5. The zero-order valence-electron chi connectivity index (χ0n) is 18.9. The SMILES string of the molecule is CC(C)(CNC(=O)c1ccc(F)c(B(O)O)c1)CN(CC(=O)O)C(=O)c1ccc(F)c(B(O)O)c1. The lowest BCUT2D eigenvalue weighted by Gasteiger charge is -2.32. The third kappa shape index (κ3) is 7.59. The van der Waals surface area contributed by atoms with Crippen LogP contribution in [-0.4, -0.2) is 81.8 Å². The molecule has 0 aliphatic rings. The third-order valence-electron chi connectivity index (χ3n) is 5.02. The highest BCUT2D eigenvalue weighted by atomic mass is 19.1. The summed E-state index contributed by atoms with van der Waals surface area (Å²) in [5, 5.41) is 48.8. The van der Waals surface area contributed by atoms with E-state index in [4.69, 9.17) is 0 Å². The monoisotopic (exact) mass is 492 g/mol. The van der Waals surface area contributed by atoms with Gasteiger partial charge in [0.15, 0.2) is 0 Å². The molecule has 6 N–H and O–H groups in total. The van der Waals surface area contributed by atoms with Crippen molar-refractivity contribution >= 4 is 42.9 Å². The first-order chi connectivity index (χ1) is 16.2. The first kappa shape index (κ1) is 27.9. The molecule has 0 heterocycles. The number of hydrogen-bond acceptors (Lipinski definition) is 7. The van der Waals surface area contributed by atoms with Crippen LogP contribution >= 0.6 is 0 Å². The molecule has 14 heteroatoms. The molecule has 0 fully saturated rings. The van der Waals surface area contributed by atoms with Crippen LogP contribution in [0.5, 0.6) is 0 Å². The van der Waals surface area contributed by atoms with Gasteiger partial charge in [-0.05, 0) is 41.8 Å². The fourth-order valence-electron chi connectivity index (χ4n) is 3.30. The summed E-state index contributed by atoms with van der Waals surface area (Å²) in [6, 6.07) is 5.87. The van der Waals surface area contributed by atoms with Crippen LogP contribution in [0.2, 0.25) is 0 Å². The Bertz CT molecular complexity index is 1110. The minimum absolute atomic E-state index is 0.0508. The molecule has 0 radical (unpaired) electrons. The van der Waals surface area contributed by atoms with E-state index in [-0.39, 0.29) is 24.2 Å². The molecule has 0 saturated heterocycles. The number of aliphatic carboxylic acids is 1. The van der Waals surface area contributed by atoms with Gasteiger partial charge in [0.1, 0.15) is 18.2 Å². The predicted octanol–water partition coefficient (Wildman–Crippen LogP) is -1.69. The summed E-state index contributed by atoms with van der Waals surface area (Å²) in [5.41, 5.74) is -2.15. The lowest BCUT2D eigenvalue weighted by Crippen LogP contribution is -2.46. The van der Waals surface area contributed by atoms with Gasteiger partial charge in [-0.25, -0.2) is 8.78 Å². The molecule has 2 aromatic rings. The van der Waals surface area contributed by atoms with Crippen LogP contribution in [0, 0.1) is 17.0 Å². The second-order valence-electron chi connectivity index (χ2n) is 8.62. The van der Waals surface area contributed by atoms with Gasteiger partial charge < -0.3 is 35.4 Å². The van der Waals surface area contributed by atoms with Crippen molar-refractivity contribution in [3.05, 3.63) is 59.2 Å². The molecule has 0 aromatic heterocycles. The zero-order valence-corrected chi connectivity index (χ0v) is 18.9. The predicted molar refractivity (Wildman–Crippen MR) is 122 cm³/mol. The average Bonchev–Trinajstić information content (AvgIpc) is 2.76. The Morgan fingerprint density at radius 2 is 1.40 bits per heavy atom. The second kappa shape index (κ2) is 11.4. The van der Waals surface area contributed by atoms with E-state index in [0.717, 1.165) is 41.3 Å². The summed E-state index contributed by atoms with van der Waals surface area (Å²) in [6.45, 7) is 2.32. The van der Waals surface area contributed by atoms with Gasteiger partial charge in [-0.1, -0.05) is 13.8 Å². The molecule has 0 aliphatic heterocycles. The maximum atomic E-state index is 13.7. The van der Waals surface area contributed by atoms with Crippen molar-refractivity contribution in [3.8, 4) is 0 Å². The fourth-order valence-corrected chi connectivity index (χ4v) is 3.30. The summed E-state index contributed by atoms with van der Waals surface area (Å²) in [4.78, 5) is 37.7. The number of nitrogens with zero attached hydrogens (tertiary/aromatic N) is 1. The van der Waals surface area contributed by atoms with Gasteiger partial charge in [-0.15, -0.1) is 0 Å². The average molecular weight is 492 g/mol. The number of benzene rings is 2. The van der Waals surface area contributed by atoms with Gasteiger partial charge >= 0.3 is 20.2 Å². The highest BCUT2D eigenvalue weighted by molar-refractivity contribution is 6.59. The molecule has 0 spiro atoms. The third-order valence-corrected chi connectivity index (χ3v) is 5.02. The van der Waals surface area contributed by atoms with Crippen LogP contribution < -0.4 is 16.2 Å². The maximum Gasteiger partial charge on any atom is 0.491 e. The van der Waals surface area contributed by atoms with Crippen LogP contribution in [0.25, 0.3) is 0 Å². The Morgan fingerprint density at radius 1 is 0.914 bits per heavy atom. The van der Waals surface area contributed by atoms with Crippen LogP contribution in [-0.2, 0) is 4.79 Å². The number of carboxylic acids is 1. The smallest absolute Gasteiger partial charge is 0.480 e. The highest BCUT2D eigenvalue weighted by Crippen LogP contribution is 2.18. The van der Waals surface area contributed by atoms with E-state index >= 15 is 0 Å². The van der Waals surface area contributed by atoms with E-state index in [0.29, 0.717) is 0 Å². The van der Waals surface area contributed by atoms with Crippen LogP contribution in [0.1, 0.15) is 34.6 Å². The number of nitrogens with one attached hydrogen (secondary N) is 1. The normalized spacial score (nSPS) is 11.1. The van der Waals surface area contributed by atoms with Gasteiger partial charge in [-0.3, -0.25) is 14.4 Å². The molecule has 10 nitrogen and oxygen atoms in total. The molecule has 0 unspecified atom stereocenters. The number of carbonyl (C=O) groups excluding carboxylic acids is 2. The van der Waals surface area contributed by atoms with E-state index in [1.807, 2.05) is 0 Å². The highest BCUT2D eigenvalue weighted by Gasteiger charge is 2.29. The molecule has 2 aromatic carbocycles. The molecule has 0 atom stereocenters. The maximum absolute atomic E-state index is 13.7. The molecular formula is C21H24B2F2N2O8. The number of carbonyl (C=O) groups is 3. The molecule has 2 rings (SSSR count). The van der Waals surface area contributed by atoms with E-state index in [2.05, 4.69) is 5.32 Å². The Labute approximate surface area is 200 Å². The lowest BCUT2D eigenvalue weighted by atomic mass is 9.79. The van der Waals surface area contributed by atoms with Crippen molar-refractivity contribution in [1.29, 1.82) is 0 Å². The molecule has 2 amide bonds. The number of carboxylic acid groups (broad SMARTS) is 1. The van der Waals surface area contributed by atoms with Crippen molar-refractivity contribution in [1.82, 2.24) is 10.2 Å². The molecule has 0 bridgehead atoms. The molecule has 186 valence electrons. The molecule has 35 heavy (non-hydrogen) atoms. The van der Waals surface area contributed by atoms with Crippen molar-refractivity contribution in [2.45, 2.75) is 13.8 Å². The standard InChI is InChI=1S/C21H24B2F2N2O8/c1-21(2,10-26-19(30)12-3-5-16(24)14(7-12)22(32)33)11-27(9-18(28)29)20(31)13-4-6-17(25)15(8-13)23(34)35/h3-8,32-35H,9-11H2,1-2H3,(H,26,30)(H,28,29). The van der Waals surface area contributed by atoms with E-state index in [1.54, 1.807) is 13.8 Å². The van der Waals surface area contributed by atoms with Gasteiger partial charge in [0.25, 0.3) is 11.8 Å². The summed E-state index contributed by atoms with van der Waals surface area (Å²) < 4.78 is 27.4. The molecular weight excluding hydrogens is 468 g/mol. The fraction of sp³-hybridized carbons (Fsp3) is 0.286. The van der Waals surface area contributed by atoms with Gasteiger partial charge in [0, 0.05) is 35.1 Å². The Morgan fingerprint density at radius 3 is 1.89 bits per heavy atom. The van der Waals surface area contributed by atoms with E-state index in [1.165, 1.54) is 0 Å². The van der Waals surface area contributed by atoms with Crippen molar-refractivity contribution in [2.24, 2.45) is 5.41 Å². The lowest BCUT2D eigenvalue weighted by molar-refractivity contribution is -0.138. The van der Waals surface area contributed by atoms with Crippen molar-refractivity contribution in [3.63, 3.8) is 0 Å². The first-order valence-electron chi connectivity index (χ1n) is 10.3.